The van der Waals surface area contributed by atoms with Crippen LogP contribution in [0.3, 0.4) is 0 Å². The lowest BCUT2D eigenvalue weighted by molar-refractivity contribution is 0.0351. The highest BCUT2D eigenvalue weighted by Gasteiger charge is 2.35. The Morgan fingerprint density at radius 2 is 1.92 bits per heavy atom. The van der Waals surface area contributed by atoms with Gasteiger partial charge in [0.1, 0.15) is 5.75 Å². The number of halogens is 1. The summed E-state index contributed by atoms with van der Waals surface area (Å²) in [4.78, 5) is 15.9. The van der Waals surface area contributed by atoms with Gasteiger partial charge >= 0.3 is 0 Å². The van der Waals surface area contributed by atoms with Crippen molar-refractivity contribution in [2.75, 3.05) is 37.0 Å². The average Bonchev–Trinajstić information content (AvgIpc) is 3.21. The number of fused-ring (bicyclic) bond motifs is 1. The number of aryl methyl sites for hydroxylation is 1. The highest BCUT2D eigenvalue weighted by molar-refractivity contribution is 6.33. The van der Waals surface area contributed by atoms with E-state index in [-0.39, 0.29) is 12.0 Å². The Balaban J connectivity index is 1.40. The number of nitrogens with one attached hydrogen (secondary N) is 1. The Bertz CT molecular complexity index is 1270. The molecule has 1 aromatic carbocycles. The fourth-order valence-electron chi connectivity index (χ4n) is 5.03. The number of piperidine rings is 1. The number of methoxy groups -OCH3 is 1. The number of anilines is 3. The molecule has 3 heterocycles. The lowest BCUT2D eigenvalue weighted by atomic mass is 9.85. The molecule has 1 aliphatic carbocycles. The molecule has 0 bridgehead atoms. The van der Waals surface area contributed by atoms with E-state index in [1.165, 1.54) is 0 Å². The first kappa shape index (κ1) is 24.7. The van der Waals surface area contributed by atoms with Crippen LogP contribution in [0.4, 0.5) is 17.3 Å². The van der Waals surface area contributed by atoms with Crippen LogP contribution in [0, 0.1) is 0 Å². The van der Waals surface area contributed by atoms with Gasteiger partial charge < -0.3 is 25.2 Å². The van der Waals surface area contributed by atoms with Crippen molar-refractivity contribution in [1.82, 2.24) is 15.0 Å². The van der Waals surface area contributed by atoms with E-state index in [4.69, 9.17) is 21.3 Å². The summed E-state index contributed by atoms with van der Waals surface area (Å²) in [6.45, 7) is 5.48. The lowest BCUT2D eigenvalue weighted by Crippen LogP contribution is -2.42. The van der Waals surface area contributed by atoms with Crippen molar-refractivity contribution in [3.8, 4) is 17.0 Å². The number of benzene rings is 1. The average molecular weight is 510 g/mol. The Hall–Kier alpha value is -2.94. The second-order valence-electron chi connectivity index (χ2n) is 10.3. The molecule has 1 unspecified atom stereocenters. The van der Waals surface area contributed by atoms with E-state index in [2.05, 4.69) is 33.2 Å². The van der Waals surface area contributed by atoms with Gasteiger partial charge in [0.2, 0.25) is 5.95 Å². The van der Waals surface area contributed by atoms with Gasteiger partial charge in [-0.25, -0.2) is 9.97 Å². The van der Waals surface area contributed by atoms with Crippen LogP contribution in [0.25, 0.3) is 11.3 Å². The zero-order valence-corrected chi connectivity index (χ0v) is 21.6. The minimum Gasteiger partial charge on any atom is -0.494 e. The van der Waals surface area contributed by atoms with E-state index in [0.717, 1.165) is 54.1 Å². The number of hydrogen-bond donors (Lipinski definition) is 3. The third-order valence-corrected chi connectivity index (χ3v) is 7.83. The number of aliphatic hydroxyl groups is 2. The van der Waals surface area contributed by atoms with Gasteiger partial charge in [0.15, 0.2) is 0 Å². The summed E-state index contributed by atoms with van der Waals surface area (Å²) in [5.41, 5.74) is 4.36. The number of pyridine rings is 1. The van der Waals surface area contributed by atoms with E-state index in [1.54, 1.807) is 13.3 Å². The number of aliphatic hydroxyl groups excluding tert-OH is 1. The number of nitrogens with zero attached hydrogens (tertiary/aromatic N) is 4. The first-order chi connectivity index (χ1) is 17.2. The van der Waals surface area contributed by atoms with Crippen LogP contribution in [0.2, 0.25) is 5.02 Å². The molecule has 0 radical (unpaired) electrons. The standard InChI is InChI=1S/C27H32ClN5O3/c1-26(16-34)6-4-21-18(26)12-17(15-30-21)20-5-9-29-25(31-20)32-22-13-19(28)23(14-24(22)36-3)33-10-7-27(2,35)8-11-33/h5,9,12-15,34-35H,4,6-8,10-11,16H2,1-3H3,(H,29,31,32). The summed E-state index contributed by atoms with van der Waals surface area (Å²) < 4.78 is 5.66. The number of ether oxygens (including phenoxy) is 1. The second kappa shape index (κ2) is 9.50. The Morgan fingerprint density at radius 3 is 2.64 bits per heavy atom. The molecule has 1 aliphatic heterocycles. The smallest absolute Gasteiger partial charge is 0.227 e. The van der Waals surface area contributed by atoms with Crippen LogP contribution in [-0.4, -0.2) is 57.6 Å². The van der Waals surface area contributed by atoms with Crippen molar-refractivity contribution in [2.45, 2.75) is 50.5 Å². The third-order valence-electron chi connectivity index (χ3n) is 7.53. The van der Waals surface area contributed by atoms with Crippen molar-refractivity contribution in [1.29, 1.82) is 0 Å². The van der Waals surface area contributed by atoms with Crippen LogP contribution >= 0.6 is 11.6 Å². The summed E-state index contributed by atoms with van der Waals surface area (Å²) in [6, 6.07) is 7.66. The fourth-order valence-corrected chi connectivity index (χ4v) is 5.31. The Kier molecular flexibility index (Phi) is 6.53. The van der Waals surface area contributed by atoms with Gasteiger partial charge in [-0.05, 0) is 56.4 Å². The summed E-state index contributed by atoms with van der Waals surface area (Å²) >= 11 is 6.68. The molecule has 190 valence electrons. The fraction of sp³-hybridized carbons (Fsp3) is 0.444. The van der Waals surface area contributed by atoms with Gasteiger partial charge in [-0.2, -0.15) is 0 Å². The van der Waals surface area contributed by atoms with Gasteiger partial charge in [-0.15, -0.1) is 0 Å². The third kappa shape index (κ3) is 4.73. The summed E-state index contributed by atoms with van der Waals surface area (Å²) in [6.07, 6.45) is 6.65. The van der Waals surface area contributed by atoms with Crippen molar-refractivity contribution < 1.29 is 14.9 Å². The predicted octanol–water partition coefficient (Wildman–Crippen LogP) is 4.49. The number of aromatic nitrogens is 3. The predicted molar refractivity (Wildman–Crippen MR) is 141 cm³/mol. The van der Waals surface area contributed by atoms with Crippen LogP contribution < -0.4 is 15.0 Å². The maximum Gasteiger partial charge on any atom is 0.227 e. The van der Waals surface area contributed by atoms with Crippen molar-refractivity contribution in [2.24, 2.45) is 0 Å². The summed E-state index contributed by atoms with van der Waals surface area (Å²) in [5, 5.41) is 24.1. The molecule has 1 atom stereocenters. The molecule has 2 aliphatic rings. The Morgan fingerprint density at radius 1 is 1.14 bits per heavy atom. The maximum atomic E-state index is 10.3. The van der Waals surface area contributed by atoms with Gasteiger partial charge in [0.05, 0.1) is 41.4 Å². The molecule has 2 aromatic heterocycles. The largest absolute Gasteiger partial charge is 0.494 e. The zero-order valence-electron chi connectivity index (χ0n) is 20.9. The Labute approximate surface area is 216 Å². The van der Waals surface area contributed by atoms with Gasteiger partial charge in [0.25, 0.3) is 0 Å². The van der Waals surface area contributed by atoms with E-state index in [9.17, 15) is 10.2 Å². The SMILES string of the molecule is COc1cc(N2CCC(C)(O)CC2)c(Cl)cc1Nc1nccc(-c2cnc3c(c2)C(C)(CO)CC3)n1. The number of hydrogen-bond acceptors (Lipinski definition) is 8. The van der Waals surface area contributed by atoms with Crippen molar-refractivity contribution in [3.63, 3.8) is 0 Å². The molecule has 9 heteroatoms. The quantitative estimate of drug-likeness (QED) is 0.446. The van der Waals surface area contributed by atoms with Crippen molar-refractivity contribution in [3.05, 3.63) is 52.9 Å². The molecule has 5 rings (SSSR count). The molecule has 1 saturated heterocycles. The second-order valence-corrected chi connectivity index (χ2v) is 10.7. The van der Waals surface area contributed by atoms with Crippen LogP contribution in [-0.2, 0) is 11.8 Å². The summed E-state index contributed by atoms with van der Waals surface area (Å²) in [7, 11) is 1.62. The minimum absolute atomic E-state index is 0.0923. The topological polar surface area (TPSA) is 104 Å². The van der Waals surface area contributed by atoms with Gasteiger partial charge in [0, 0.05) is 48.2 Å². The van der Waals surface area contributed by atoms with Gasteiger partial charge in [-0.3, -0.25) is 4.98 Å². The first-order valence-corrected chi connectivity index (χ1v) is 12.6. The van der Waals surface area contributed by atoms with Crippen LogP contribution in [0.5, 0.6) is 5.75 Å². The monoisotopic (exact) mass is 509 g/mol. The highest BCUT2D eigenvalue weighted by Crippen LogP contribution is 2.41. The lowest BCUT2D eigenvalue weighted by Gasteiger charge is -2.37. The molecule has 1 fully saturated rings. The minimum atomic E-state index is -0.637. The molecule has 0 spiro atoms. The molecule has 36 heavy (non-hydrogen) atoms. The molecule has 8 nitrogen and oxygen atoms in total. The number of rotatable bonds is 6. The van der Waals surface area contributed by atoms with Crippen LogP contribution in [0.15, 0.2) is 36.7 Å². The molecule has 3 N–H and O–H groups in total. The highest BCUT2D eigenvalue weighted by atomic mass is 35.5. The molecular formula is C27H32ClN5O3. The normalized spacial score (nSPS) is 20.8. The van der Waals surface area contributed by atoms with E-state index in [1.807, 2.05) is 31.3 Å². The van der Waals surface area contributed by atoms with E-state index >= 15 is 0 Å². The van der Waals surface area contributed by atoms with Crippen LogP contribution in [0.1, 0.15) is 44.4 Å². The summed E-state index contributed by atoms with van der Waals surface area (Å²) in [5.74, 6) is 1.03. The first-order valence-electron chi connectivity index (χ1n) is 12.3. The molecule has 3 aromatic rings. The van der Waals surface area contributed by atoms with E-state index < -0.39 is 5.60 Å². The van der Waals surface area contributed by atoms with Gasteiger partial charge in [-0.1, -0.05) is 18.5 Å². The molecular weight excluding hydrogens is 478 g/mol. The molecule has 0 saturated carbocycles. The van der Waals surface area contributed by atoms with Crippen molar-refractivity contribution >= 4 is 28.9 Å². The molecule has 0 amide bonds. The zero-order chi connectivity index (χ0) is 25.5. The maximum absolute atomic E-state index is 10.3. The van der Waals surface area contributed by atoms with E-state index in [0.29, 0.717) is 35.2 Å².